The number of amides is 2. The first-order valence-electron chi connectivity index (χ1n) is 11.7. The number of nitrogens with one attached hydrogen (secondary N) is 1. The van der Waals surface area contributed by atoms with Crippen molar-refractivity contribution in [1.82, 2.24) is 14.5 Å². The Balaban J connectivity index is 1.47. The van der Waals surface area contributed by atoms with E-state index in [1.807, 2.05) is 38.7 Å². The van der Waals surface area contributed by atoms with Crippen molar-refractivity contribution in [3.8, 4) is 0 Å². The lowest BCUT2D eigenvalue weighted by Gasteiger charge is -2.35. The molecule has 3 rings (SSSR count). The third kappa shape index (κ3) is 5.90. The van der Waals surface area contributed by atoms with Gasteiger partial charge in [0.05, 0.1) is 4.90 Å². The second-order valence-corrected chi connectivity index (χ2v) is 11.6. The lowest BCUT2D eigenvalue weighted by molar-refractivity contribution is -0.133. The molecule has 0 unspecified atom stereocenters. The van der Waals surface area contributed by atoms with Gasteiger partial charge in [0.1, 0.15) is 0 Å². The molecule has 2 fully saturated rings. The quantitative estimate of drug-likeness (QED) is 0.703. The number of hydrogen-bond donors (Lipinski definition) is 1. The van der Waals surface area contributed by atoms with E-state index < -0.39 is 10.0 Å². The molecule has 2 saturated heterocycles. The summed E-state index contributed by atoms with van der Waals surface area (Å²) in [6.07, 6.45) is 3.18. The lowest BCUT2D eigenvalue weighted by Crippen LogP contribution is -2.49. The van der Waals surface area contributed by atoms with E-state index in [2.05, 4.69) is 5.32 Å². The predicted octanol–water partition coefficient (Wildman–Crippen LogP) is 2.86. The Bertz CT molecular complexity index is 929. The summed E-state index contributed by atoms with van der Waals surface area (Å²) >= 11 is 0. The number of nitrogens with zero attached hydrogens (tertiary/aromatic N) is 2. The van der Waals surface area contributed by atoms with Crippen LogP contribution in [0.4, 0.5) is 0 Å². The topological polar surface area (TPSA) is 86.8 Å². The molecule has 1 aromatic carbocycles. The molecule has 2 amide bonds. The van der Waals surface area contributed by atoms with E-state index in [1.165, 1.54) is 4.31 Å². The van der Waals surface area contributed by atoms with Crippen molar-refractivity contribution >= 4 is 21.8 Å². The highest BCUT2D eigenvalue weighted by molar-refractivity contribution is 7.89. The molecule has 0 radical (unpaired) electrons. The summed E-state index contributed by atoms with van der Waals surface area (Å²) in [7, 11) is -3.54. The van der Waals surface area contributed by atoms with Gasteiger partial charge < -0.3 is 10.2 Å². The average Bonchev–Trinajstić information content (AvgIpc) is 2.75. The number of likely N-dealkylation sites (tertiary alicyclic amines) is 1. The molecule has 2 aliphatic heterocycles. The predicted molar refractivity (Wildman–Crippen MR) is 125 cm³/mol. The van der Waals surface area contributed by atoms with Crippen molar-refractivity contribution < 1.29 is 18.0 Å². The molecule has 0 aliphatic carbocycles. The SMILES string of the molecule is Cc1ccc(S(=O)(=O)N2CCC(C(=O)NC3CCN(C(=O)CC(C)C)CC3)CC2)cc1C. The largest absolute Gasteiger partial charge is 0.353 e. The molecule has 1 aromatic rings. The standard InChI is InChI=1S/C24H37N3O4S/c1-17(2)15-23(28)26-11-9-21(10-12-26)25-24(29)20-7-13-27(14-8-20)32(30,31)22-6-5-18(3)19(4)16-22/h5-6,16-17,20-21H,7-15H2,1-4H3,(H,25,29). The summed E-state index contributed by atoms with van der Waals surface area (Å²) in [5, 5.41) is 3.14. The van der Waals surface area contributed by atoms with Gasteiger partial charge in [-0.25, -0.2) is 8.42 Å². The van der Waals surface area contributed by atoms with E-state index in [0.717, 1.165) is 24.0 Å². The number of benzene rings is 1. The minimum absolute atomic E-state index is 0.0141. The van der Waals surface area contributed by atoms with Crippen LogP contribution < -0.4 is 5.32 Å². The van der Waals surface area contributed by atoms with Gasteiger partial charge >= 0.3 is 0 Å². The van der Waals surface area contributed by atoms with Crippen LogP contribution in [-0.2, 0) is 19.6 Å². The van der Waals surface area contributed by atoms with Crippen molar-refractivity contribution in [3.63, 3.8) is 0 Å². The maximum Gasteiger partial charge on any atom is 0.243 e. The molecular formula is C24H37N3O4S. The summed E-state index contributed by atoms with van der Waals surface area (Å²) in [5.41, 5.74) is 2.02. The smallest absolute Gasteiger partial charge is 0.243 e. The second kappa shape index (κ2) is 10.3. The maximum atomic E-state index is 13.0. The Labute approximate surface area is 192 Å². The second-order valence-electron chi connectivity index (χ2n) is 9.69. The molecule has 8 heteroatoms. The molecule has 0 spiro atoms. The fraction of sp³-hybridized carbons (Fsp3) is 0.667. The third-order valence-electron chi connectivity index (χ3n) is 6.72. The van der Waals surface area contributed by atoms with Crippen LogP contribution in [0, 0.1) is 25.7 Å². The first-order valence-corrected chi connectivity index (χ1v) is 13.2. The zero-order valence-corrected chi connectivity index (χ0v) is 20.6. The van der Waals surface area contributed by atoms with Gasteiger partial charge in [-0.1, -0.05) is 19.9 Å². The van der Waals surface area contributed by atoms with Crippen LogP contribution in [-0.4, -0.2) is 61.7 Å². The molecule has 0 saturated carbocycles. The highest BCUT2D eigenvalue weighted by Crippen LogP contribution is 2.25. The third-order valence-corrected chi connectivity index (χ3v) is 8.61. The van der Waals surface area contributed by atoms with E-state index in [0.29, 0.717) is 56.3 Å². The first-order chi connectivity index (χ1) is 15.1. The lowest BCUT2D eigenvalue weighted by atomic mass is 9.95. The number of hydrogen-bond acceptors (Lipinski definition) is 4. The van der Waals surface area contributed by atoms with Crippen molar-refractivity contribution in [3.05, 3.63) is 29.3 Å². The molecule has 7 nitrogen and oxygen atoms in total. The number of rotatable bonds is 6. The number of carbonyl (C=O) groups is 2. The molecule has 2 heterocycles. The Morgan fingerprint density at radius 2 is 1.62 bits per heavy atom. The number of aryl methyl sites for hydroxylation is 2. The van der Waals surface area contributed by atoms with Crippen molar-refractivity contribution in [2.45, 2.75) is 70.7 Å². The Morgan fingerprint density at radius 3 is 2.19 bits per heavy atom. The Morgan fingerprint density at radius 1 is 1.00 bits per heavy atom. The van der Waals surface area contributed by atoms with Crippen molar-refractivity contribution in [2.24, 2.45) is 11.8 Å². The Kier molecular flexibility index (Phi) is 7.98. The van der Waals surface area contributed by atoms with E-state index >= 15 is 0 Å². The average molecular weight is 464 g/mol. The van der Waals surface area contributed by atoms with Gasteiger partial charge in [-0.2, -0.15) is 4.31 Å². The van der Waals surface area contributed by atoms with Crippen molar-refractivity contribution in [1.29, 1.82) is 0 Å². The first kappa shape index (κ1) is 24.7. The van der Waals surface area contributed by atoms with Crippen LogP contribution in [0.15, 0.2) is 23.1 Å². The summed E-state index contributed by atoms with van der Waals surface area (Å²) in [5.74, 6) is 0.397. The summed E-state index contributed by atoms with van der Waals surface area (Å²) in [6.45, 7) is 10.0. The van der Waals surface area contributed by atoms with Crippen LogP contribution in [0.25, 0.3) is 0 Å². The van der Waals surface area contributed by atoms with E-state index in [1.54, 1.807) is 12.1 Å². The molecule has 2 aliphatic rings. The monoisotopic (exact) mass is 463 g/mol. The number of carbonyl (C=O) groups excluding carboxylic acids is 2. The highest BCUT2D eigenvalue weighted by Gasteiger charge is 2.33. The van der Waals surface area contributed by atoms with Gasteiger partial charge in [0.2, 0.25) is 21.8 Å². The minimum Gasteiger partial charge on any atom is -0.353 e. The molecular weight excluding hydrogens is 426 g/mol. The van der Waals surface area contributed by atoms with Gasteiger partial charge in [-0.05, 0) is 68.7 Å². The molecule has 178 valence electrons. The number of piperidine rings is 2. The molecule has 0 atom stereocenters. The van der Waals surface area contributed by atoms with Gasteiger partial charge in [0.25, 0.3) is 0 Å². The normalized spacial score (nSPS) is 19.3. The van der Waals surface area contributed by atoms with Crippen molar-refractivity contribution in [2.75, 3.05) is 26.2 Å². The van der Waals surface area contributed by atoms with E-state index in [4.69, 9.17) is 0 Å². The van der Waals surface area contributed by atoms with Gasteiger partial charge in [0, 0.05) is 44.6 Å². The zero-order chi connectivity index (χ0) is 23.5. The summed E-state index contributed by atoms with van der Waals surface area (Å²) < 4.78 is 27.5. The van der Waals surface area contributed by atoms with Crippen LogP contribution >= 0.6 is 0 Å². The number of sulfonamides is 1. The van der Waals surface area contributed by atoms with Crippen LogP contribution in [0.5, 0.6) is 0 Å². The molecule has 0 bridgehead atoms. The fourth-order valence-electron chi connectivity index (χ4n) is 4.45. The molecule has 0 aromatic heterocycles. The zero-order valence-electron chi connectivity index (χ0n) is 19.8. The maximum absolute atomic E-state index is 13.0. The van der Waals surface area contributed by atoms with Gasteiger partial charge in [-0.3, -0.25) is 9.59 Å². The molecule has 32 heavy (non-hydrogen) atoms. The van der Waals surface area contributed by atoms with Gasteiger partial charge in [0.15, 0.2) is 0 Å². The fourth-order valence-corrected chi connectivity index (χ4v) is 6.01. The molecule has 1 N–H and O–H groups in total. The van der Waals surface area contributed by atoms with Gasteiger partial charge in [-0.15, -0.1) is 0 Å². The Hall–Kier alpha value is -1.93. The van der Waals surface area contributed by atoms with Crippen LogP contribution in [0.1, 0.15) is 57.1 Å². The minimum atomic E-state index is -3.54. The summed E-state index contributed by atoms with van der Waals surface area (Å²) in [4.78, 5) is 27.2. The summed E-state index contributed by atoms with van der Waals surface area (Å²) in [6, 6.07) is 5.31. The van der Waals surface area contributed by atoms with Crippen LogP contribution in [0.3, 0.4) is 0 Å². The van der Waals surface area contributed by atoms with E-state index in [9.17, 15) is 18.0 Å². The highest BCUT2D eigenvalue weighted by atomic mass is 32.2. The van der Waals surface area contributed by atoms with Crippen LogP contribution in [0.2, 0.25) is 0 Å². The van der Waals surface area contributed by atoms with E-state index in [-0.39, 0.29) is 23.8 Å².